The molecule has 0 aliphatic heterocycles. The fourth-order valence-electron chi connectivity index (χ4n) is 2.42. The number of rotatable bonds is 5. The first kappa shape index (κ1) is 14.8. The SMILES string of the molecule is COC(=O)c1ccc(NCC(=O)c2c[nH]c3ccccc23)cc1. The number of benzene rings is 2. The number of methoxy groups -OCH3 is 1. The van der Waals surface area contributed by atoms with Crippen LogP contribution in [0, 0.1) is 0 Å². The van der Waals surface area contributed by atoms with E-state index in [-0.39, 0.29) is 18.3 Å². The van der Waals surface area contributed by atoms with Crippen molar-refractivity contribution >= 4 is 28.3 Å². The third kappa shape index (κ3) is 3.08. The second-order valence-electron chi connectivity index (χ2n) is 5.09. The number of aromatic amines is 1. The Morgan fingerprint density at radius 3 is 2.57 bits per heavy atom. The Labute approximate surface area is 133 Å². The van der Waals surface area contributed by atoms with Gasteiger partial charge >= 0.3 is 5.97 Å². The highest BCUT2D eigenvalue weighted by atomic mass is 16.5. The van der Waals surface area contributed by atoms with Gasteiger partial charge in [-0.2, -0.15) is 0 Å². The summed E-state index contributed by atoms with van der Waals surface area (Å²) in [6.45, 7) is 0.180. The molecule has 0 aliphatic rings. The lowest BCUT2D eigenvalue weighted by atomic mass is 10.1. The van der Waals surface area contributed by atoms with E-state index in [1.165, 1.54) is 7.11 Å². The normalized spacial score (nSPS) is 10.5. The van der Waals surface area contributed by atoms with Gasteiger partial charge in [-0.15, -0.1) is 0 Å². The fraction of sp³-hybridized carbons (Fsp3) is 0.111. The monoisotopic (exact) mass is 308 g/mol. The van der Waals surface area contributed by atoms with Gasteiger partial charge in [-0.25, -0.2) is 4.79 Å². The molecule has 0 fully saturated rings. The van der Waals surface area contributed by atoms with E-state index in [2.05, 4.69) is 15.0 Å². The molecule has 0 unspecified atom stereocenters. The second kappa shape index (κ2) is 6.36. The summed E-state index contributed by atoms with van der Waals surface area (Å²) in [5, 5.41) is 3.98. The Balaban J connectivity index is 1.68. The molecule has 0 spiro atoms. The molecule has 0 bridgehead atoms. The topological polar surface area (TPSA) is 71.2 Å². The Hall–Kier alpha value is -3.08. The number of nitrogens with one attached hydrogen (secondary N) is 2. The van der Waals surface area contributed by atoms with Crippen LogP contribution in [0.3, 0.4) is 0 Å². The lowest BCUT2D eigenvalue weighted by Gasteiger charge is -2.06. The van der Waals surface area contributed by atoms with Crippen molar-refractivity contribution in [2.24, 2.45) is 0 Å². The van der Waals surface area contributed by atoms with Gasteiger partial charge in [0.25, 0.3) is 0 Å². The quantitative estimate of drug-likeness (QED) is 0.560. The molecular formula is C18H16N2O3. The van der Waals surface area contributed by atoms with E-state index in [9.17, 15) is 9.59 Å². The van der Waals surface area contributed by atoms with Crippen molar-refractivity contribution in [3.63, 3.8) is 0 Å². The minimum absolute atomic E-state index is 0.000468. The number of para-hydroxylation sites is 1. The van der Waals surface area contributed by atoms with Gasteiger partial charge in [0.15, 0.2) is 5.78 Å². The number of Topliss-reactive ketones (excluding diaryl/α,β-unsaturated/α-hetero) is 1. The minimum Gasteiger partial charge on any atom is -0.465 e. The Bertz CT molecular complexity index is 850. The summed E-state index contributed by atoms with van der Waals surface area (Å²) in [7, 11) is 1.34. The van der Waals surface area contributed by atoms with Crippen molar-refractivity contribution in [3.05, 3.63) is 65.9 Å². The number of fused-ring (bicyclic) bond motifs is 1. The molecule has 23 heavy (non-hydrogen) atoms. The van der Waals surface area contributed by atoms with Gasteiger partial charge in [-0.05, 0) is 30.3 Å². The Morgan fingerprint density at radius 1 is 1.09 bits per heavy atom. The van der Waals surface area contributed by atoms with Gasteiger partial charge in [-0.1, -0.05) is 18.2 Å². The maximum Gasteiger partial charge on any atom is 0.337 e. The Kier molecular flexibility index (Phi) is 4.10. The predicted octanol–water partition coefficient (Wildman–Crippen LogP) is 3.25. The Morgan fingerprint density at radius 2 is 1.83 bits per heavy atom. The molecule has 0 radical (unpaired) electrons. The summed E-state index contributed by atoms with van der Waals surface area (Å²) in [6, 6.07) is 14.5. The van der Waals surface area contributed by atoms with Crippen LogP contribution in [-0.2, 0) is 4.74 Å². The van der Waals surface area contributed by atoms with E-state index >= 15 is 0 Å². The number of carbonyl (C=O) groups excluding carboxylic acids is 2. The number of aromatic nitrogens is 1. The maximum atomic E-state index is 12.4. The zero-order valence-electron chi connectivity index (χ0n) is 12.6. The van der Waals surface area contributed by atoms with Gasteiger partial charge < -0.3 is 15.0 Å². The van der Waals surface area contributed by atoms with Crippen LogP contribution in [0.15, 0.2) is 54.7 Å². The zero-order valence-corrected chi connectivity index (χ0v) is 12.6. The molecule has 3 rings (SSSR count). The van der Waals surface area contributed by atoms with E-state index in [0.29, 0.717) is 11.1 Å². The number of esters is 1. The molecular weight excluding hydrogens is 292 g/mol. The number of H-pyrrole nitrogens is 1. The third-order valence-corrected chi connectivity index (χ3v) is 3.65. The van der Waals surface area contributed by atoms with Gasteiger partial charge in [0, 0.05) is 28.4 Å². The number of ketones is 1. The predicted molar refractivity (Wildman–Crippen MR) is 88.9 cm³/mol. The molecule has 1 heterocycles. The van der Waals surface area contributed by atoms with Gasteiger partial charge in [0.05, 0.1) is 19.2 Å². The second-order valence-corrected chi connectivity index (χ2v) is 5.09. The molecule has 1 aromatic heterocycles. The van der Waals surface area contributed by atoms with Gasteiger partial charge in [0.2, 0.25) is 0 Å². The van der Waals surface area contributed by atoms with Crippen LogP contribution < -0.4 is 5.32 Å². The first-order chi connectivity index (χ1) is 11.2. The molecule has 0 saturated heterocycles. The maximum absolute atomic E-state index is 12.4. The standard InChI is InChI=1S/C18H16N2O3/c1-23-18(22)12-6-8-13(9-7-12)19-11-17(21)15-10-20-16-5-3-2-4-14(15)16/h2-10,19-20H,11H2,1H3. The van der Waals surface area contributed by atoms with Crippen molar-refractivity contribution in [1.82, 2.24) is 4.98 Å². The van der Waals surface area contributed by atoms with Crippen molar-refractivity contribution < 1.29 is 14.3 Å². The zero-order chi connectivity index (χ0) is 16.2. The van der Waals surface area contributed by atoms with Crippen LogP contribution in [0.4, 0.5) is 5.69 Å². The number of ether oxygens (including phenoxy) is 1. The number of anilines is 1. The summed E-state index contributed by atoms with van der Waals surface area (Å²) in [5.41, 5.74) is 2.85. The first-order valence-electron chi connectivity index (χ1n) is 7.20. The molecule has 0 aliphatic carbocycles. The third-order valence-electron chi connectivity index (χ3n) is 3.65. The van der Waals surface area contributed by atoms with Crippen LogP contribution in [0.25, 0.3) is 10.9 Å². The van der Waals surface area contributed by atoms with E-state index in [1.54, 1.807) is 30.5 Å². The van der Waals surface area contributed by atoms with Gasteiger partial charge in [-0.3, -0.25) is 4.79 Å². The molecule has 5 heteroatoms. The van der Waals surface area contributed by atoms with Crippen LogP contribution in [0.5, 0.6) is 0 Å². The van der Waals surface area contributed by atoms with E-state index < -0.39 is 0 Å². The summed E-state index contributed by atoms with van der Waals surface area (Å²) >= 11 is 0. The minimum atomic E-state index is -0.383. The molecule has 116 valence electrons. The van der Waals surface area contributed by atoms with Crippen LogP contribution in [0.2, 0.25) is 0 Å². The largest absolute Gasteiger partial charge is 0.465 e. The lowest BCUT2D eigenvalue weighted by Crippen LogP contribution is -2.13. The smallest absolute Gasteiger partial charge is 0.337 e. The molecule has 2 aromatic carbocycles. The van der Waals surface area contributed by atoms with E-state index in [4.69, 9.17) is 0 Å². The van der Waals surface area contributed by atoms with Crippen LogP contribution in [-0.4, -0.2) is 30.4 Å². The van der Waals surface area contributed by atoms with Crippen molar-refractivity contribution in [3.8, 4) is 0 Å². The molecule has 2 N–H and O–H groups in total. The molecule has 0 saturated carbocycles. The fourth-order valence-corrected chi connectivity index (χ4v) is 2.42. The highest BCUT2D eigenvalue weighted by molar-refractivity contribution is 6.09. The average molecular weight is 308 g/mol. The highest BCUT2D eigenvalue weighted by Crippen LogP contribution is 2.18. The van der Waals surface area contributed by atoms with E-state index in [1.807, 2.05) is 24.3 Å². The lowest BCUT2D eigenvalue weighted by molar-refractivity contribution is 0.0600. The number of hydrogen-bond donors (Lipinski definition) is 2. The number of hydrogen-bond acceptors (Lipinski definition) is 4. The van der Waals surface area contributed by atoms with Crippen molar-refractivity contribution in [2.45, 2.75) is 0 Å². The van der Waals surface area contributed by atoms with Crippen LogP contribution >= 0.6 is 0 Å². The summed E-state index contributed by atoms with van der Waals surface area (Å²) in [5.74, 6) is -0.383. The number of carbonyl (C=O) groups is 2. The average Bonchev–Trinajstić information content (AvgIpc) is 3.03. The summed E-state index contributed by atoms with van der Waals surface area (Å²) in [4.78, 5) is 26.8. The molecule has 0 amide bonds. The summed E-state index contributed by atoms with van der Waals surface area (Å²) in [6.07, 6.45) is 1.73. The first-order valence-corrected chi connectivity index (χ1v) is 7.20. The molecule has 0 atom stereocenters. The summed E-state index contributed by atoms with van der Waals surface area (Å²) < 4.78 is 4.65. The van der Waals surface area contributed by atoms with Crippen molar-refractivity contribution in [1.29, 1.82) is 0 Å². The molecule has 5 nitrogen and oxygen atoms in total. The van der Waals surface area contributed by atoms with Crippen LogP contribution in [0.1, 0.15) is 20.7 Å². The van der Waals surface area contributed by atoms with Gasteiger partial charge in [0.1, 0.15) is 0 Å². The van der Waals surface area contributed by atoms with Crippen molar-refractivity contribution in [2.75, 3.05) is 19.0 Å². The highest BCUT2D eigenvalue weighted by Gasteiger charge is 2.11. The molecule has 3 aromatic rings. The van der Waals surface area contributed by atoms with E-state index in [0.717, 1.165) is 16.6 Å².